The fourth-order valence-corrected chi connectivity index (χ4v) is 4.34. The van der Waals surface area contributed by atoms with Crippen molar-refractivity contribution in [1.29, 1.82) is 0 Å². The van der Waals surface area contributed by atoms with Crippen molar-refractivity contribution >= 4 is 51.9 Å². The second kappa shape index (κ2) is 8.97. The number of hydrogen-bond donors (Lipinski definition) is 0. The molecule has 1 saturated heterocycles. The van der Waals surface area contributed by atoms with E-state index in [0.717, 1.165) is 5.56 Å². The van der Waals surface area contributed by atoms with Crippen LogP contribution in [0.2, 0.25) is 5.15 Å². The number of benzene rings is 1. The zero-order chi connectivity index (χ0) is 22.8. The fraction of sp³-hybridized carbons (Fsp3) is 0.136. The van der Waals surface area contributed by atoms with Crippen molar-refractivity contribution < 1.29 is 14.1 Å². The summed E-state index contributed by atoms with van der Waals surface area (Å²) in [6.45, 7) is 4.07. The van der Waals surface area contributed by atoms with Crippen molar-refractivity contribution in [2.75, 3.05) is 6.54 Å². The highest BCUT2D eigenvalue weighted by Gasteiger charge is 2.32. The minimum atomic E-state index is -0.440. The number of pyridine rings is 1. The van der Waals surface area contributed by atoms with E-state index in [-0.39, 0.29) is 16.7 Å². The molecule has 0 bridgehead atoms. The van der Waals surface area contributed by atoms with Gasteiger partial charge in [-0.15, -0.1) is 0 Å². The number of furan rings is 1. The smallest absolute Gasteiger partial charge is 0.280 e. The predicted molar refractivity (Wildman–Crippen MR) is 125 cm³/mol. The van der Waals surface area contributed by atoms with Crippen LogP contribution in [0.3, 0.4) is 0 Å². The molecular weight excluding hydrogens is 452 g/mol. The zero-order valence-electron chi connectivity index (χ0n) is 17.1. The number of rotatable bonds is 5. The Bertz CT molecular complexity index is 1280. The van der Waals surface area contributed by atoms with Crippen molar-refractivity contribution in [1.82, 2.24) is 9.88 Å². The number of amidine groups is 1. The van der Waals surface area contributed by atoms with Gasteiger partial charge >= 0.3 is 0 Å². The number of aryl methyl sites for hydroxylation is 1. The van der Waals surface area contributed by atoms with Crippen LogP contribution in [0, 0.1) is 17.0 Å². The van der Waals surface area contributed by atoms with Crippen LogP contribution in [-0.2, 0) is 4.79 Å². The van der Waals surface area contributed by atoms with Crippen molar-refractivity contribution in [2.24, 2.45) is 4.99 Å². The van der Waals surface area contributed by atoms with E-state index >= 15 is 0 Å². The zero-order valence-corrected chi connectivity index (χ0v) is 18.7. The summed E-state index contributed by atoms with van der Waals surface area (Å²) in [5.74, 6) is 0.542. The monoisotopic (exact) mass is 468 g/mol. The number of thioether (sulfide) groups is 1. The number of carbonyl (C=O) groups excluding carboxylic acids is 1. The number of likely N-dealkylation sites (N-methyl/N-ethyl adjacent to an activating group) is 1. The molecule has 1 aromatic carbocycles. The van der Waals surface area contributed by atoms with Gasteiger partial charge in [-0.1, -0.05) is 17.7 Å². The molecule has 162 valence electrons. The number of nitro benzene ring substituents is 1. The Morgan fingerprint density at radius 1 is 1.31 bits per heavy atom. The van der Waals surface area contributed by atoms with E-state index in [1.165, 1.54) is 22.7 Å². The molecule has 0 unspecified atom stereocenters. The van der Waals surface area contributed by atoms with E-state index in [2.05, 4.69) is 9.98 Å². The number of halogens is 1. The molecule has 3 aromatic rings. The Hall–Kier alpha value is -3.43. The minimum absolute atomic E-state index is 0.0372. The lowest BCUT2D eigenvalue weighted by atomic mass is 10.1. The average molecular weight is 469 g/mol. The van der Waals surface area contributed by atoms with Gasteiger partial charge in [0, 0.05) is 24.9 Å². The average Bonchev–Trinajstić information content (AvgIpc) is 3.34. The van der Waals surface area contributed by atoms with E-state index in [9.17, 15) is 14.9 Å². The van der Waals surface area contributed by atoms with Crippen molar-refractivity contribution in [3.05, 3.63) is 80.2 Å². The number of nitro groups is 1. The number of aliphatic imine (C=N–C) groups is 1. The summed E-state index contributed by atoms with van der Waals surface area (Å²) in [6.07, 6.45) is 3.17. The Morgan fingerprint density at radius 2 is 2.12 bits per heavy atom. The van der Waals surface area contributed by atoms with Crippen LogP contribution >= 0.6 is 23.4 Å². The van der Waals surface area contributed by atoms with Crippen LogP contribution in [0.5, 0.6) is 0 Å². The first kappa shape index (κ1) is 21.8. The first-order valence-electron chi connectivity index (χ1n) is 9.63. The van der Waals surface area contributed by atoms with Gasteiger partial charge in [-0.25, -0.2) is 9.98 Å². The molecule has 0 atom stereocenters. The third-order valence-electron chi connectivity index (χ3n) is 4.68. The molecule has 4 rings (SSSR count). The third-order valence-corrected chi connectivity index (χ3v) is 5.97. The molecule has 0 spiro atoms. The van der Waals surface area contributed by atoms with Crippen LogP contribution in [0.1, 0.15) is 18.2 Å². The quantitative estimate of drug-likeness (QED) is 0.202. The summed E-state index contributed by atoms with van der Waals surface area (Å²) < 4.78 is 5.82. The predicted octanol–water partition coefficient (Wildman–Crippen LogP) is 5.84. The molecule has 1 fully saturated rings. The Kier molecular flexibility index (Phi) is 6.11. The number of nitrogens with zero attached hydrogens (tertiary/aromatic N) is 4. The largest absolute Gasteiger partial charge is 0.456 e. The van der Waals surface area contributed by atoms with Crippen molar-refractivity contribution in [3.8, 4) is 11.3 Å². The van der Waals surface area contributed by atoms with Crippen molar-refractivity contribution in [2.45, 2.75) is 13.8 Å². The molecule has 32 heavy (non-hydrogen) atoms. The molecular formula is C22H17ClN4O4S. The molecule has 3 heterocycles. The first-order valence-corrected chi connectivity index (χ1v) is 10.8. The van der Waals surface area contributed by atoms with Gasteiger partial charge in [-0.05, 0) is 61.5 Å². The maximum absolute atomic E-state index is 12.9. The Morgan fingerprint density at radius 3 is 2.84 bits per heavy atom. The Labute approximate surface area is 192 Å². The van der Waals surface area contributed by atoms with Gasteiger partial charge in [-0.2, -0.15) is 0 Å². The highest BCUT2D eigenvalue weighted by molar-refractivity contribution is 8.18. The van der Waals surface area contributed by atoms with Crippen LogP contribution in [0.15, 0.2) is 63.0 Å². The summed E-state index contributed by atoms with van der Waals surface area (Å²) in [5, 5.41) is 12.2. The Balaban J connectivity index is 1.66. The first-order chi connectivity index (χ1) is 15.4. The van der Waals surface area contributed by atoms with E-state index < -0.39 is 4.92 Å². The molecule has 1 aliphatic rings. The lowest BCUT2D eigenvalue weighted by Gasteiger charge is -2.12. The number of carbonyl (C=O) groups is 1. The van der Waals surface area contributed by atoms with Crippen LogP contribution in [0.25, 0.3) is 17.4 Å². The molecule has 0 aliphatic carbocycles. The lowest BCUT2D eigenvalue weighted by molar-refractivity contribution is -0.384. The van der Waals surface area contributed by atoms with Gasteiger partial charge in [-0.3, -0.25) is 19.8 Å². The summed E-state index contributed by atoms with van der Waals surface area (Å²) in [7, 11) is 0. The topological polar surface area (TPSA) is 102 Å². The standard InChI is InChI=1S/C22H17ClN4O4S/c1-3-26-21(28)19(32-22(26)25-16-5-4-10-24-20(16)23)12-14-7-9-18(31-14)15-8-6-13(2)11-17(15)27(29)30/h4-12H,3H2,1-2H3/b19-12+,25-22?. The van der Waals surface area contributed by atoms with Gasteiger partial charge in [0.05, 0.1) is 15.4 Å². The van der Waals surface area contributed by atoms with E-state index in [1.54, 1.807) is 55.6 Å². The lowest BCUT2D eigenvalue weighted by Crippen LogP contribution is -2.28. The van der Waals surface area contributed by atoms with Gasteiger partial charge in [0.15, 0.2) is 10.3 Å². The van der Waals surface area contributed by atoms with Crippen LogP contribution in [0.4, 0.5) is 11.4 Å². The second-order valence-corrected chi connectivity index (χ2v) is 8.21. The van der Waals surface area contributed by atoms with Crippen molar-refractivity contribution in [3.63, 3.8) is 0 Å². The molecule has 2 aromatic heterocycles. The van der Waals surface area contributed by atoms with Crippen LogP contribution < -0.4 is 0 Å². The number of hydrogen-bond acceptors (Lipinski definition) is 7. The molecule has 1 aliphatic heterocycles. The van der Waals surface area contributed by atoms with E-state index in [0.29, 0.717) is 39.4 Å². The van der Waals surface area contributed by atoms with Gasteiger partial charge in [0.1, 0.15) is 17.2 Å². The number of aromatic nitrogens is 1. The molecule has 1 amide bonds. The van der Waals surface area contributed by atoms with Gasteiger partial charge in [0.25, 0.3) is 11.6 Å². The summed E-state index contributed by atoms with van der Waals surface area (Å²) in [5.41, 5.74) is 1.59. The molecule has 10 heteroatoms. The molecule has 0 N–H and O–H groups in total. The number of amides is 1. The van der Waals surface area contributed by atoms with Gasteiger partial charge < -0.3 is 4.42 Å². The van der Waals surface area contributed by atoms with Gasteiger partial charge in [0.2, 0.25) is 0 Å². The summed E-state index contributed by atoms with van der Waals surface area (Å²) in [4.78, 5) is 34.3. The third kappa shape index (κ3) is 4.30. The van der Waals surface area contributed by atoms with Crippen LogP contribution in [-0.4, -0.2) is 32.4 Å². The maximum Gasteiger partial charge on any atom is 0.280 e. The van der Waals surface area contributed by atoms with E-state index in [1.807, 2.05) is 6.92 Å². The highest BCUT2D eigenvalue weighted by Crippen LogP contribution is 2.37. The molecule has 0 radical (unpaired) electrons. The summed E-state index contributed by atoms with van der Waals surface area (Å²) >= 11 is 7.29. The van der Waals surface area contributed by atoms with E-state index in [4.69, 9.17) is 16.0 Å². The summed E-state index contributed by atoms with van der Waals surface area (Å²) in [6, 6.07) is 11.7. The highest BCUT2D eigenvalue weighted by atomic mass is 35.5. The normalized spacial score (nSPS) is 16.3. The molecule has 8 nitrogen and oxygen atoms in total. The maximum atomic E-state index is 12.9. The minimum Gasteiger partial charge on any atom is -0.456 e. The fourth-order valence-electron chi connectivity index (χ4n) is 3.14. The second-order valence-electron chi connectivity index (χ2n) is 6.85. The molecule has 0 saturated carbocycles. The SMILES string of the molecule is CCN1C(=O)/C(=C\c2ccc(-c3ccc(C)cc3[N+](=O)[O-])o2)SC1=Nc1cccnc1Cl.